The average Bonchev–Trinajstić information content (AvgIpc) is 2.99. The minimum atomic E-state index is 0.430. The first-order valence-corrected chi connectivity index (χ1v) is 6.13. The molecule has 1 atom stereocenters. The van der Waals surface area contributed by atoms with E-state index in [9.17, 15) is 0 Å². The summed E-state index contributed by atoms with van der Waals surface area (Å²) in [5, 5.41) is 0. The van der Waals surface area contributed by atoms with Gasteiger partial charge in [0.15, 0.2) is 0 Å². The van der Waals surface area contributed by atoms with Crippen molar-refractivity contribution in [3.8, 4) is 0 Å². The van der Waals surface area contributed by atoms with Crippen molar-refractivity contribution in [3.05, 3.63) is 0 Å². The SMILES string of the molecule is CCCCCCCCCOC[C@H]1CO1. The largest absolute Gasteiger partial charge is 0.379 e. The van der Waals surface area contributed by atoms with E-state index in [-0.39, 0.29) is 0 Å². The Balaban J connectivity index is 1.63. The van der Waals surface area contributed by atoms with Crippen molar-refractivity contribution >= 4 is 0 Å². The van der Waals surface area contributed by atoms with Gasteiger partial charge in [-0.25, -0.2) is 0 Å². The van der Waals surface area contributed by atoms with Gasteiger partial charge in [-0.2, -0.15) is 0 Å². The van der Waals surface area contributed by atoms with Crippen molar-refractivity contribution in [2.75, 3.05) is 19.8 Å². The lowest BCUT2D eigenvalue weighted by atomic mass is 10.1. The molecule has 0 spiro atoms. The highest BCUT2D eigenvalue weighted by atomic mass is 16.6. The quantitative estimate of drug-likeness (QED) is 0.399. The van der Waals surface area contributed by atoms with Crippen LogP contribution in [-0.4, -0.2) is 25.9 Å². The van der Waals surface area contributed by atoms with Crippen LogP contribution >= 0.6 is 0 Å². The minimum Gasteiger partial charge on any atom is -0.379 e. The van der Waals surface area contributed by atoms with Crippen LogP contribution in [0.15, 0.2) is 0 Å². The van der Waals surface area contributed by atoms with E-state index < -0.39 is 0 Å². The molecule has 0 radical (unpaired) electrons. The highest BCUT2D eigenvalue weighted by Crippen LogP contribution is 2.10. The van der Waals surface area contributed by atoms with E-state index in [1.807, 2.05) is 0 Å². The van der Waals surface area contributed by atoms with Gasteiger partial charge in [-0.15, -0.1) is 0 Å². The molecule has 0 amide bonds. The molecule has 0 bridgehead atoms. The van der Waals surface area contributed by atoms with E-state index in [4.69, 9.17) is 9.47 Å². The number of hydrogen-bond acceptors (Lipinski definition) is 2. The molecule has 0 aromatic rings. The second-order valence-electron chi connectivity index (χ2n) is 4.15. The molecule has 1 rings (SSSR count). The zero-order valence-corrected chi connectivity index (χ0v) is 9.46. The molecular weight excluding hydrogens is 176 g/mol. The molecule has 14 heavy (non-hydrogen) atoms. The van der Waals surface area contributed by atoms with Crippen LogP contribution in [0.1, 0.15) is 51.9 Å². The Labute approximate surface area is 88.0 Å². The van der Waals surface area contributed by atoms with Crippen molar-refractivity contribution in [2.24, 2.45) is 0 Å². The van der Waals surface area contributed by atoms with Gasteiger partial charge in [0.05, 0.1) is 13.2 Å². The first kappa shape index (κ1) is 12.0. The van der Waals surface area contributed by atoms with E-state index >= 15 is 0 Å². The fourth-order valence-corrected chi connectivity index (χ4v) is 1.54. The van der Waals surface area contributed by atoms with Crippen LogP contribution in [-0.2, 0) is 9.47 Å². The fraction of sp³-hybridized carbons (Fsp3) is 1.00. The maximum atomic E-state index is 5.46. The number of rotatable bonds is 10. The van der Waals surface area contributed by atoms with Crippen LogP contribution in [0.2, 0.25) is 0 Å². The minimum absolute atomic E-state index is 0.430. The lowest BCUT2D eigenvalue weighted by molar-refractivity contribution is 0.113. The molecular formula is C12H24O2. The molecule has 0 N–H and O–H groups in total. The standard InChI is InChI=1S/C12H24O2/c1-2-3-4-5-6-7-8-9-13-10-12-11-14-12/h12H,2-11H2,1H3/t12-/m0/s1. The Morgan fingerprint density at radius 3 is 2.36 bits per heavy atom. The van der Waals surface area contributed by atoms with Gasteiger partial charge < -0.3 is 9.47 Å². The van der Waals surface area contributed by atoms with Gasteiger partial charge in [-0.1, -0.05) is 45.4 Å². The highest BCUT2D eigenvalue weighted by Gasteiger charge is 2.21. The molecule has 1 aliphatic heterocycles. The molecule has 1 aliphatic rings. The number of epoxide rings is 1. The van der Waals surface area contributed by atoms with E-state index in [1.165, 1.54) is 44.9 Å². The van der Waals surface area contributed by atoms with Gasteiger partial charge in [-0.3, -0.25) is 0 Å². The first-order valence-electron chi connectivity index (χ1n) is 6.13. The smallest absolute Gasteiger partial charge is 0.104 e. The fourth-order valence-electron chi connectivity index (χ4n) is 1.54. The second kappa shape index (κ2) is 8.25. The molecule has 0 aromatic carbocycles. The van der Waals surface area contributed by atoms with Gasteiger partial charge in [0.1, 0.15) is 6.10 Å². The third-order valence-corrected chi connectivity index (χ3v) is 2.60. The third kappa shape index (κ3) is 7.34. The number of unbranched alkanes of at least 4 members (excludes halogenated alkanes) is 6. The summed E-state index contributed by atoms with van der Waals surface area (Å²) in [6, 6.07) is 0. The first-order chi connectivity index (χ1) is 6.93. The summed E-state index contributed by atoms with van der Waals surface area (Å²) in [6.45, 7) is 4.91. The van der Waals surface area contributed by atoms with E-state index in [1.54, 1.807) is 0 Å². The Hall–Kier alpha value is -0.0800. The molecule has 1 heterocycles. The molecule has 2 heteroatoms. The van der Waals surface area contributed by atoms with Crippen molar-refractivity contribution in [2.45, 2.75) is 58.0 Å². The predicted molar refractivity (Wildman–Crippen MR) is 58.6 cm³/mol. The van der Waals surface area contributed by atoms with Crippen LogP contribution in [0.3, 0.4) is 0 Å². The molecule has 0 unspecified atom stereocenters. The zero-order chi connectivity index (χ0) is 10.1. The summed E-state index contributed by atoms with van der Waals surface area (Å²) < 4.78 is 10.5. The van der Waals surface area contributed by atoms with Crippen molar-refractivity contribution in [1.82, 2.24) is 0 Å². The summed E-state index contributed by atoms with van der Waals surface area (Å²) >= 11 is 0. The maximum absolute atomic E-state index is 5.46. The monoisotopic (exact) mass is 200 g/mol. The Bertz CT molecular complexity index is 121. The Kier molecular flexibility index (Phi) is 7.06. The van der Waals surface area contributed by atoms with Crippen LogP contribution in [0.5, 0.6) is 0 Å². The van der Waals surface area contributed by atoms with Gasteiger partial charge in [-0.05, 0) is 6.42 Å². The lowest BCUT2D eigenvalue weighted by Gasteiger charge is -2.02. The van der Waals surface area contributed by atoms with E-state index in [2.05, 4.69) is 6.92 Å². The molecule has 0 aromatic heterocycles. The topological polar surface area (TPSA) is 21.8 Å². The van der Waals surface area contributed by atoms with Crippen LogP contribution in [0, 0.1) is 0 Å². The summed E-state index contributed by atoms with van der Waals surface area (Å²) in [5.74, 6) is 0. The van der Waals surface area contributed by atoms with Crippen molar-refractivity contribution in [1.29, 1.82) is 0 Å². The number of hydrogen-bond donors (Lipinski definition) is 0. The van der Waals surface area contributed by atoms with Gasteiger partial charge in [0.25, 0.3) is 0 Å². The predicted octanol–water partition coefficient (Wildman–Crippen LogP) is 3.15. The van der Waals surface area contributed by atoms with Crippen LogP contribution in [0.25, 0.3) is 0 Å². The normalized spacial score (nSPS) is 19.9. The molecule has 0 saturated carbocycles. The molecule has 0 aliphatic carbocycles. The maximum Gasteiger partial charge on any atom is 0.104 e. The lowest BCUT2D eigenvalue weighted by Crippen LogP contribution is -2.02. The van der Waals surface area contributed by atoms with Gasteiger partial charge in [0.2, 0.25) is 0 Å². The Morgan fingerprint density at radius 1 is 1.07 bits per heavy atom. The molecule has 2 nitrogen and oxygen atoms in total. The summed E-state index contributed by atoms with van der Waals surface area (Å²) in [5.41, 5.74) is 0. The second-order valence-corrected chi connectivity index (χ2v) is 4.15. The van der Waals surface area contributed by atoms with Crippen molar-refractivity contribution < 1.29 is 9.47 Å². The van der Waals surface area contributed by atoms with E-state index in [0.29, 0.717) is 6.10 Å². The molecule has 1 saturated heterocycles. The average molecular weight is 200 g/mol. The van der Waals surface area contributed by atoms with Gasteiger partial charge >= 0.3 is 0 Å². The summed E-state index contributed by atoms with van der Waals surface area (Å²) in [7, 11) is 0. The third-order valence-electron chi connectivity index (χ3n) is 2.60. The highest BCUT2D eigenvalue weighted by molar-refractivity contribution is 4.66. The van der Waals surface area contributed by atoms with Crippen LogP contribution in [0.4, 0.5) is 0 Å². The molecule has 84 valence electrons. The van der Waals surface area contributed by atoms with Gasteiger partial charge in [0, 0.05) is 6.61 Å². The zero-order valence-electron chi connectivity index (χ0n) is 9.46. The van der Waals surface area contributed by atoms with E-state index in [0.717, 1.165) is 19.8 Å². The summed E-state index contributed by atoms with van der Waals surface area (Å²) in [6.07, 6.45) is 9.91. The number of ether oxygens (including phenoxy) is 2. The summed E-state index contributed by atoms with van der Waals surface area (Å²) in [4.78, 5) is 0. The molecule has 1 fully saturated rings. The van der Waals surface area contributed by atoms with Crippen LogP contribution < -0.4 is 0 Å². The Morgan fingerprint density at radius 2 is 1.71 bits per heavy atom. The van der Waals surface area contributed by atoms with Crippen molar-refractivity contribution in [3.63, 3.8) is 0 Å².